The van der Waals surface area contributed by atoms with E-state index in [0.29, 0.717) is 11.2 Å². The largest absolute Gasteiger partial charge is 0.497 e. The third kappa shape index (κ3) is 4.11. The van der Waals surface area contributed by atoms with E-state index >= 15 is 0 Å². The second-order valence-corrected chi connectivity index (χ2v) is 9.47. The number of anilines is 1. The Labute approximate surface area is 217 Å². The SMILES string of the molecule is COc1ccc(-c2cccc3cc([C@H](C)Nc4ncnc5scnc45)n(-c4ccccc4)c(=O)c23)cc1. The highest BCUT2D eigenvalue weighted by molar-refractivity contribution is 7.16. The molecular formula is C29H23N5O2S. The fourth-order valence-corrected chi connectivity index (χ4v) is 5.26. The van der Waals surface area contributed by atoms with E-state index < -0.39 is 0 Å². The molecule has 182 valence electrons. The minimum absolute atomic E-state index is 0.0831. The van der Waals surface area contributed by atoms with Crippen LogP contribution in [0.15, 0.2) is 95.5 Å². The van der Waals surface area contributed by atoms with Crippen LogP contribution in [-0.4, -0.2) is 26.6 Å². The Morgan fingerprint density at radius 3 is 2.54 bits per heavy atom. The molecule has 0 aliphatic carbocycles. The Kier molecular flexibility index (Phi) is 5.86. The number of methoxy groups -OCH3 is 1. The molecule has 0 aliphatic rings. The van der Waals surface area contributed by atoms with Crippen molar-refractivity contribution in [3.63, 3.8) is 0 Å². The van der Waals surface area contributed by atoms with Crippen molar-refractivity contribution in [3.05, 3.63) is 107 Å². The number of pyridine rings is 1. The van der Waals surface area contributed by atoms with Gasteiger partial charge in [-0.2, -0.15) is 0 Å². The Morgan fingerprint density at radius 2 is 1.76 bits per heavy atom. The van der Waals surface area contributed by atoms with Crippen LogP contribution in [0.1, 0.15) is 18.7 Å². The van der Waals surface area contributed by atoms with Gasteiger partial charge in [0.2, 0.25) is 0 Å². The van der Waals surface area contributed by atoms with Gasteiger partial charge in [0.15, 0.2) is 5.82 Å². The van der Waals surface area contributed by atoms with Crippen LogP contribution in [0, 0.1) is 0 Å². The number of nitrogens with zero attached hydrogens (tertiary/aromatic N) is 4. The van der Waals surface area contributed by atoms with Crippen molar-refractivity contribution < 1.29 is 4.74 Å². The molecule has 0 fully saturated rings. The normalized spacial score (nSPS) is 12.1. The lowest BCUT2D eigenvalue weighted by molar-refractivity contribution is 0.415. The van der Waals surface area contributed by atoms with Crippen molar-refractivity contribution in [1.82, 2.24) is 19.5 Å². The van der Waals surface area contributed by atoms with E-state index in [2.05, 4.69) is 26.3 Å². The summed E-state index contributed by atoms with van der Waals surface area (Å²) in [6.45, 7) is 2.02. The van der Waals surface area contributed by atoms with Gasteiger partial charge in [-0.05, 0) is 53.8 Å². The second-order valence-electron chi connectivity index (χ2n) is 8.64. The molecule has 0 unspecified atom stereocenters. The van der Waals surface area contributed by atoms with Gasteiger partial charge in [-0.1, -0.05) is 48.5 Å². The summed E-state index contributed by atoms with van der Waals surface area (Å²) < 4.78 is 7.10. The third-order valence-corrected chi connectivity index (χ3v) is 7.16. The Hall–Kier alpha value is -4.56. The Bertz CT molecular complexity index is 1780. The van der Waals surface area contributed by atoms with Gasteiger partial charge in [0.1, 0.15) is 22.4 Å². The quantitative estimate of drug-likeness (QED) is 0.289. The molecule has 3 aromatic heterocycles. The molecule has 0 spiro atoms. The predicted octanol–water partition coefficient (Wildman–Crippen LogP) is 6.24. The molecular weight excluding hydrogens is 482 g/mol. The third-order valence-electron chi connectivity index (χ3n) is 6.42. The molecule has 0 aliphatic heterocycles. The van der Waals surface area contributed by atoms with E-state index in [1.807, 2.05) is 79.7 Å². The molecule has 8 heteroatoms. The van der Waals surface area contributed by atoms with Crippen molar-refractivity contribution in [1.29, 1.82) is 0 Å². The average molecular weight is 506 g/mol. The number of thiazole rings is 1. The second kappa shape index (κ2) is 9.48. The topological polar surface area (TPSA) is 81.9 Å². The first kappa shape index (κ1) is 22.9. The minimum Gasteiger partial charge on any atom is -0.497 e. The number of rotatable bonds is 6. The van der Waals surface area contributed by atoms with Gasteiger partial charge in [0.25, 0.3) is 5.56 Å². The van der Waals surface area contributed by atoms with E-state index in [9.17, 15) is 4.79 Å². The van der Waals surface area contributed by atoms with Gasteiger partial charge in [0.05, 0.1) is 24.0 Å². The molecule has 1 atom stereocenters. The monoisotopic (exact) mass is 505 g/mol. The van der Waals surface area contributed by atoms with Crippen LogP contribution in [0.25, 0.3) is 37.9 Å². The predicted molar refractivity (Wildman–Crippen MR) is 149 cm³/mol. The zero-order valence-corrected chi connectivity index (χ0v) is 21.1. The summed E-state index contributed by atoms with van der Waals surface area (Å²) in [7, 11) is 1.64. The van der Waals surface area contributed by atoms with Crippen LogP contribution >= 0.6 is 11.3 Å². The molecule has 0 amide bonds. The fourth-order valence-electron chi connectivity index (χ4n) is 4.63. The van der Waals surface area contributed by atoms with Crippen molar-refractivity contribution in [3.8, 4) is 22.6 Å². The first-order valence-electron chi connectivity index (χ1n) is 11.8. The van der Waals surface area contributed by atoms with Crippen molar-refractivity contribution in [2.75, 3.05) is 12.4 Å². The summed E-state index contributed by atoms with van der Waals surface area (Å²) >= 11 is 1.47. The molecule has 37 heavy (non-hydrogen) atoms. The lowest BCUT2D eigenvalue weighted by Gasteiger charge is -2.22. The molecule has 0 saturated carbocycles. The zero-order chi connectivity index (χ0) is 25.4. The molecule has 0 radical (unpaired) electrons. The minimum atomic E-state index is -0.248. The highest BCUT2D eigenvalue weighted by Crippen LogP contribution is 2.31. The Balaban J connectivity index is 1.55. The maximum atomic E-state index is 14.3. The van der Waals surface area contributed by atoms with Gasteiger partial charge in [-0.25, -0.2) is 15.0 Å². The number of para-hydroxylation sites is 1. The first-order chi connectivity index (χ1) is 18.1. The number of hydrogen-bond donors (Lipinski definition) is 1. The van der Waals surface area contributed by atoms with Crippen LogP contribution in [0.3, 0.4) is 0 Å². The summed E-state index contributed by atoms with van der Waals surface area (Å²) in [5.74, 6) is 1.41. The van der Waals surface area contributed by atoms with Crippen molar-refractivity contribution >= 4 is 38.3 Å². The van der Waals surface area contributed by atoms with E-state index in [1.54, 1.807) is 17.2 Å². The van der Waals surface area contributed by atoms with Gasteiger partial charge in [-0.15, -0.1) is 11.3 Å². The average Bonchev–Trinajstić information content (AvgIpc) is 3.43. The molecule has 1 N–H and O–H groups in total. The molecule has 6 aromatic rings. The van der Waals surface area contributed by atoms with Crippen LogP contribution in [-0.2, 0) is 0 Å². The van der Waals surface area contributed by atoms with Gasteiger partial charge in [-0.3, -0.25) is 9.36 Å². The maximum Gasteiger partial charge on any atom is 0.263 e. The van der Waals surface area contributed by atoms with Crippen molar-refractivity contribution in [2.24, 2.45) is 0 Å². The number of ether oxygens (including phenoxy) is 1. The van der Waals surface area contributed by atoms with Crippen molar-refractivity contribution in [2.45, 2.75) is 13.0 Å². The number of nitrogens with one attached hydrogen (secondary N) is 1. The summed E-state index contributed by atoms with van der Waals surface area (Å²) in [4.78, 5) is 28.2. The molecule has 6 rings (SSSR count). The van der Waals surface area contributed by atoms with E-state index in [1.165, 1.54) is 17.7 Å². The molecule has 3 aromatic carbocycles. The Morgan fingerprint density at radius 1 is 0.946 bits per heavy atom. The zero-order valence-electron chi connectivity index (χ0n) is 20.3. The lowest BCUT2D eigenvalue weighted by atomic mass is 9.97. The standard InChI is InChI=1S/C29H23N5O2S/c1-18(33-27-26-28(31-16-30-27)37-17-32-26)24-15-20-7-6-10-23(19-11-13-22(36-2)14-12-19)25(20)29(35)34(24)21-8-4-3-5-9-21/h3-18H,1-2H3,(H,30,31,33)/t18-/m0/s1. The van der Waals surface area contributed by atoms with Gasteiger partial charge < -0.3 is 10.1 Å². The summed E-state index contributed by atoms with van der Waals surface area (Å²) in [6.07, 6.45) is 1.53. The molecule has 7 nitrogen and oxygen atoms in total. The highest BCUT2D eigenvalue weighted by atomic mass is 32.1. The van der Waals surface area contributed by atoms with Crippen LogP contribution in [0.4, 0.5) is 5.82 Å². The van der Waals surface area contributed by atoms with Crippen LogP contribution in [0.5, 0.6) is 5.75 Å². The van der Waals surface area contributed by atoms with E-state index in [0.717, 1.165) is 44.0 Å². The number of benzene rings is 3. The number of fused-ring (bicyclic) bond motifs is 2. The summed E-state index contributed by atoms with van der Waals surface area (Å²) in [5.41, 5.74) is 5.83. The van der Waals surface area contributed by atoms with E-state index in [-0.39, 0.29) is 11.6 Å². The van der Waals surface area contributed by atoms with E-state index in [4.69, 9.17) is 4.74 Å². The lowest BCUT2D eigenvalue weighted by Crippen LogP contribution is -2.26. The number of hydrogen-bond acceptors (Lipinski definition) is 7. The summed E-state index contributed by atoms with van der Waals surface area (Å²) in [6, 6.07) is 25.3. The number of aromatic nitrogens is 4. The van der Waals surface area contributed by atoms with Crippen LogP contribution in [0.2, 0.25) is 0 Å². The van der Waals surface area contributed by atoms with Crippen LogP contribution < -0.4 is 15.6 Å². The highest BCUT2D eigenvalue weighted by Gasteiger charge is 2.20. The first-order valence-corrected chi connectivity index (χ1v) is 12.7. The fraction of sp³-hybridized carbons (Fsp3) is 0.103. The molecule has 0 saturated heterocycles. The smallest absolute Gasteiger partial charge is 0.263 e. The van der Waals surface area contributed by atoms with Gasteiger partial charge in [0, 0.05) is 11.4 Å². The summed E-state index contributed by atoms with van der Waals surface area (Å²) in [5, 5.41) is 5.00. The maximum absolute atomic E-state index is 14.3. The van der Waals surface area contributed by atoms with Gasteiger partial charge >= 0.3 is 0 Å². The molecule has 3 heterocycles. The molecule has 0 bridgehead atoms.